The Balaban J connectivity index is 1.92. The fourth-order valence-electron chi connectivity index (χ4n) is 3.38. The van der Waals surface area contributed by atoms with E-state index in [4.69, 9.17) is 0 Å². The van der Waals surface area contributed by atoms with Gasteiger partial charge in [-0.15, -0.1) is 0 Å². The molecule has 1 N–H and O–H groups in total. The fraction of sp³-hybridized carbons (Fsp3) is 1.00. The van der Waals surface area contributed by atoms with Crippen molar-refractivity contribution in [2.45, 2.75) is 45.2 Å². The zero-order valence-electron chi connectivity index (χ0n) is 11.8. The summed E-state index contributed by atoms with van der Waals surface area (Å²) in [5.74, 6) is 0.868. The molecule has 0 spiro atoms. The summed E-state index contributed by atoms with van der Waals surface area (Å²) < 4.78 is 0. The molecule has 0 radical (unpaired) electrons. The standard InChI is InChI=1S/C14H29N3/c1-4-14-11-16(3)8-5-9-17(14)10-13-6-7-15-12(13)2/h12-15H,4-11H2,1-3H3. The topological polar surface area (TPSA) is 18.5 Å². The normalized spacial score (nSPS) is 37.2. The third-order valence-corrected chi connectivity index (χ3v) is 4.65. The van der Waals surface area contributed by atoms with Crippen molar-refractivity contribution in [3.63, 3.8) is 0 Å². The zero-order valence-corrected chi connectivity index (χ0v) is 11.8. The van der Waals surface area contributed by atoms with Crippen LogP contribution in [0.5, 0.6) is 0 Å². The summed E-state index contributed by atoms with van der Waals surface area (Å²) in [5.41, 5.74) is 0. The van der Waals surface area contributed by atoms with Gasteiger partial charge in [0.05, 0.1) is 0 Å². The summed E-state index contributed by atoms with van der Waals surface area (Å²) in [6.45, 7) is 11.0. The molecule has 0 aromatic rings. The van der Waals surface area contributed by atoms with Crippen molar-refractivity contribution in [2.24, 2.45) is 5.92 Å². The highest BCUT2D eigenvalue weighted by Crippen LogP contribution is 2.20. The molecule has 17 heavy (non-hydrogen) atoms. The highest BCUT2D eigenvalue weighted by atomic mass is 15.2. The lowest BCUT2D eigenvalue weighted by atomic mass is 10.00. The quantitative estimate of drug-likeness (QED) is 0.803. The molecule has 2 rings (SSSR count). The largest absolute Gasteiger partial charge is 0.314 e. The number of hydrogen-bond donors (Lipinski definition) is 1. The average molecular weight is 239 g/mol. The van der Waals surface area contributed by atoms with E-state index >= 15 is 0 Å². The van der Waals surface area contributed by atoms with E-state index in [0.717, 1.165) is 12.0 Å². The molecular formula is C14H29N3. The Bertz CT molecular complexity index is 232. The van der Waals surface area contributed by atoms with Crippen LogP contribution in [0.4, 0.5) is 0 Å². The summed E-state index contributed by atoms with van der Waals surface area (Å²) in [6, 6.07) is 1.49. The number of nitrogens with one attached hydrogen (secondary N) is 1. The minimum atomic E-state index is 0.716. The van der Waals surface area contributed by atoms with Crippen LogP contribution in [0.2, 0.25) is 0 Å². The molecule has 0 aromatic carbocycles. The van der Waals surface area contributed by atoms with E-state index in [1.54, 1.807) is 0 Å². The van der Waals surface area contributed by atoms with Gasteiger partial charge in [-0.1, -0.05) is 6.92 Å². The van der Waals surface area contributed by atoms with E-state index in [0.29, 0.717) is 6.04 Å². The molecule has 0 aromatic heterocycles. The molecule has 0 saturated carbocycles. The lowest BCUT2D eigenvalue weighted by Gasteiger charge is -2.33. The van der Waals surface area contributed by atoms with Gasteiger partial charge in [0, 0.05) is 25.2 Å². The second-order valence-electron chi connectivity index (χ2n) is 5.96. The van der Waals surface area contributed by atoms with Crippen LogP contribution in [-0.4, -0.2) is 61.7 Å². The van der Waals surface area contributed by atoms with Crippen LogP contribution in [0.25, 0.3) is 0 Å². The average Bonchev–Trinajstić information content (AvgIpc) is 2.61. The summed E-state index contributed by atoms with van der Waals surface area (Å²) in [7, 11) is 2.27. The molecule has 2 heterocycles. The van der Waals surface area contributed by atoms with Crippen LogP contribution in [0.1, 0.15) is 33.1 Å². The van der Waals surface area contributed by atoms with Crippen LogP contribution < -0.4 is 5.32 Å². The highest BCUT2D eigenvalue weighted by Gasteiger charge is 2.29. The Morgan fingerprint density at radius 2 is 2.12 bits per heavy atom. The van der Waals surface area contributed by atoms with Crippen LogP contribution in [0, 0.1) is 5.92 Å². The van der Waals surface area contributed by atoms with E-state index in [1.165, 1.54) is 52.0 Å². The van der Waals surface area contributed by atoms with Gasteiger partial charge < -0.3 is 10.2 Å². The maximum atomic E-state index is 3.58. The minimum Gasteiger partial charge on any atom is -0.314 e. The third-order valence-electron chi connectivity index (χ3n) is 4.65. The first-order valence-corrected chi connectivity index (χ1v) is 7.36. The predicted octanol–water partition coefficient (Wildman–Crippen LogP) is 1.40. The third kappa shape index (κ3) is 3.43. The summed E-state index contributed by atoms with van der Waals surface area (Å²) >= 11 is 0. The molecule has 0 aliphatic carbocycles. The van der Waals surface area contributed by atoms with Gasteiger partial charge in [-0.2, -0.15) is 0 Å². The second kappa shape index (κ2) is 6.17. The van der Waals surface area contributed by atoms with Crippen LogP contribution in [0.15, 0.2) is 0 Å². The molecule has 3 atom stereocenters. The maximum absolute atomic E-state index is 3.58. The predicted molar refractivity (Wildman–Crippen MR) is 73.3 cm³/mol. The summed E-state index contributed by atoms with van der Waals surface area (Å²) in [4.78, 5) is 5.27. The second-order valence-corrected chi connectivity index (χ2v) is 5.96. The molecule has 0 bridgehead atoms. The van der Waals surface area contributed by atoms with Gasteiger partial charge in [0.25, 0.3) is 0 Å². The number of rotatable bonds is 3. The van der Waals surface area contributed by atoms with Gasteiger partial charge in [0.2, 0.25) is 0 Å². The first-order valence-electron chi connectivity index (χ1n) is 7.36. The SMILES string of the molecule is CCC1CN(C)CCCN1CC1CCNC1C. The van der Waals surface area contributed by atoms with Crippen molar-refractivity contribution >= 4 is 0 Å². The molecule has 3 nitrogen and oxygen atoms in total. The molecule has 3 unspecified atom stereocenters. The number of likely N-dealkylation sites (N-methyl/N-ethyl adjacent to an activating group) is 1. The molecule has 2 fully saturated rings. The number of hydrogen-bond acceptors (Lipinski definition) is 3. The lowest BCUT2D eigenvalue weighted by Crippen LogP contribution is -2.43. The van der Waals surface area contributed by atoms with Gasteiger partial charge >= 0.3 is 0 Å². The van der Waals surface area contributed by atoms with Crippen molar-refractivity contribution in [1.82, 2.24) is 15.1 Å². The van der Waals surface area contributed by atoms with Gasteiger partial charge in [-0.25, -0.2) is 0 Å². The van der Waals surface area contributed by atoms with E-state index in [9.17, 15) is 0 Å². The Hall–Kier alpha value is -0.120. The molecule has 2 aliphatic heterocycles. The molecule has 2 aliphatic rings. The molecule has 0 amide bonds. The first kappa shape index (κ1) is 13.3. The van der Waals surface area contributed by atoms with Gasteiger partial charge in [0.1, 0.15) is 0 Å². The van der Waals surface area contributed by atoms with E-state index < -0.39 is 0 Å². The molecule has 2 saturated heterocycles. The molecule has 3 heteroatoms. The lowest BCUT2D eigenvalue weighted by molar-refractivity contribution is 0.154. The monoisotopic (exact) mass is 239 g/mol. The van der Waals surface area contributed by atoms with Crippen molar-refractivity contribution in [3.05, 3.63) is 0 Å². The Kier molecular flexibility index (Phi) is 4.83. The minimum absolute atomic E-state index is 0.716. The Morgan fingerprint density at radius 3 is 2.76 bits per heavy atom. The summed E-state index contributed by atoms with van der Waals surface area (Å²) in [6.07, 6.45) is 3.99. The van der Waals surface area contributed by atoms with Crippen molar-refractivity contribution in [1.29, 1.82) is 0 Å². The van der Waals surface area contributed by atoms with Crippen molar-refractivity contribution in [3.8, 4) is 0 Å². The van der Waals surface area contributed by atoms with E-state index in [2.05, 4.69) is 36.0 Å². The van der Waals surface area contributed by atoms with E-state index in [-0.39, 0.29) is 0 Å². The van der Waals surface area contributed by atoms with Crippen LogP contribution in [0.3, 0.4) is 0 Å². The van der Waals surface area contributed by atoms with Gasteiger partial charge in [0.15, 0.2) is 0 Å². The van der Waals surface area contributed by atoms with Crippen LogP contribution >= 0.6 is 0 Å². The van der Waals surface area contributed by atoms with Gasteiger partial charge in [-0.3, -0.25) is 4.90 Å². The Morgan fingerprint density at radius 1 is 1.29 bits per heavy atom. The van der Waals surface area contributed by atoms with Crippen molar-refractivity contribution in [2.75, 3.05) is 39.8 Å². The van der Waals surface area contributed by atoms with Crippen molar-refractivity contribution < 1.29 is 0 Å². The maximum Gasteiger partial charge on any atom is 0.0220 e. The van der Waals surface area contributed by atoms with Crippen LogP contribution in [-0.2, 0) is 0 Å². The number of nitrogens with zero attached hydrogens (tertiary/aromatic N) is 2. The van der Waals surface area contributed by atoms with Gasteiger partial charge in [-0.05, 0) is 58.8 Å². The molecular weight excluding hydrogens is 210 g/mol. The Labute approximate surface area is 107 Å². The molecule has 100 valence electrons. The fourth-order valence-corrected chi connectivity index (χ4v) is 3.38. The van der Waals surface area contributed by atoms with E-state index in [1.807, 2.05) is 0 Å². The highest BCUT2D eigenvalue weighted by molar-refractivity contribution is 4.86. The smallest absolute Gasteiger partial charge is 0.0220 e. The first-order chi connectivity index (χ1) is 8.20. The summed E-state index contributed by atoms with van der Waals surface area (Å²) in [5, 5.41) is 3.58. The zero-order chi connectivity index (χ0) is 12.3.